The molecule has 0 unspecified atom stereocenters. The quantitative estimate of drug-likeness (QED) is 0.342. The third kappa shape index (κ3) is 8.65. The van der Waals surface area contributed by atoms with Crippen molar-refractivity contribution in [2.75, 3.05) is 37.3 Å². The number of benzene rings is 1. The molecule has 166 valence electrons. The molecule has 0 aliphatic heterocycles. The second-order valence-corrected chi connectivity index (χ2v) is 10.2. The molecule has 0 spiro atoms. The number of aryl methyl sites for hydroxylation is 1. The van der Waals surface area contributed by atoms with Crippen molar-refractivity contribution >= 4 is 23.4 Å². The lowest BCUT2D eigenvalue weighted by Crippen LogP contribution is -2.40. The number of para-hydroxylation sites is 1. The number of guanidine groups is 1. The smallest absolute Gasteiger partial charge is 0.191 e. The van der Waals surface area contributed by atoms with Crippen LogP contribution in [0.15, 0.2) is 35.3 Å². The maximum Gasteiger partial charge on any atom is 0.191 e. The minimum Gasteiger partial charge on any atom is -0.375 e. The second-order valence-electron chi connectivity index (χ2n) is 8.31. The molecule has 0 amide bonds. The minimum absolute atomic E-state index is 0.268. The number of nitrogens with one attached hydrogen (secondary N) is 2. The minimum atomic E-state index is 0.268. The Morgan fingerprint density at radius 1 is 1.13 bits per heavy atom. The van der Waals surface area contributed by atoms with Crippen LogP contribution < -0.4 is 15.5 Å². The van der Waals surface area contributed by atoms with Crippen molar-refractivity contribution in [3.8, 4) is 0 Å². The molecule has 0 aliphatic rings. The zero-order valence-corrected chi connectivity index (χ0v) is 20.1. The zero-order chi connectivity index (χ0) is 22.0. The van der Waals surface area contributed by atoms with E-state index in [9.17, 15) is 0 Å². The molecule has 0 saturated carbocycles. The summed E-state index contributed by atoms with van der Waals surface area (Å²) in [5.41, 5.74) is 1.24. The van der Waals surface area contributed by atoms with Gasteiger partial charge in [-0.25, -0.2) is 4.99 Å². The van der Waals surface area contributed by atoms with Crippen molar-refractivity contribution in [1.29, 1.82) is 0 Å². The maximum atomic E-state index is 4.73. The maximum absolute atomic E-state index is 4.73. The highest BCUT2D eigenvalue weighted by Gasteiger charge is 2.10. The lowest BCUT2D eigenvalue weighted by atomic mass is 10.3. The second kappa shape index (κ2) is 11.8. The Labute approximate surface area is 185 Å². The van der Waals surface area contributed by atoms with Crippen LogP contribution in [0.2, 0.25) is 0 Å². The molecule has 30 heavy (non-hydrogen) atoms. The number of hydrogen-bond donors (Lipinski definition) is 2. The van der Waals surface area contributed by atoms with Gasteiger partial charge in [-0.15, -0.1) is 10.2 Å². The molecule has 0 bridgehead atoms. The first-order valence-corrected chi connectivity index (χ1v) is 11.5. The highest BCUT2D eigenvalue weighted by atomic mass is 32.2. The number of rotatable bonds is 10. The summed E-state index contributed by atoms with van der Waals surface area (Å²) in [6, 6.07) is 10.5. The van der Waals surface area contributed by atoms with E-state index in [1.165, 1.54) is 5.69 Å². The molecular weight excluding hydrogens is 394 g/mol. The summed E-state index contributed by atoms with van der Waals surface area (Å²) >= 11 is 1.95. The third-order valence-electron chi connectivity index (χ3n) is 4.65. The van der Waals surface area contributed by atoms with Crippen LogP contribution in [-0.2, 0) is 13.6 Å². The summed E-state index contributed by atoms with van der Waals surface area (Å²) in [4.78, 5) is 7.00. The largest absolute Gasteiger partial charge is 0.375 e. The molecule has 7 nitrogen and oxygen atoms in total. The van der Waals surface area contributed by atoms with Crippen molar-refractivity contribution < 1.29 is 0 Å². The van der Waals surface area contributed by atoms with E-state index in [0.717, 1.165) is 49.4 Å². The number of nitrogens with zero attached hydrogens (tertiary/aromatic N) is 5. The van der Waals surface area contributed by atoms with E-state index >= 15 is 0 Å². The monoisotopic (exact) mass is 431 g/mol. The van der Waals surface area contributed by atoms with Crippen molar-refractivity contribution in [2.45, 2.75) is 45.4 Å². The molecule has 1 aromatic heterocycles. The number of aliphatic imine (C=N–C) groups is 1. The highest BCUT2D eigenvalue weighted by Crippen LogP contribution is 2.21. The van der Waals surface area contributed by atoms with Crippen LogP contribution in [-0.4, -0.2) is 57.9 Å². The van der Waals surface area contributed by atoms with Gasteiger partial charge in [0.05, 0.1) is 0 Å². The number of aromatic nitrogens is 3. The summed E-state index contributed by atoms with van der Waals surface area (Å²) in [5.74, 6) is 3.62. The predicted octanol–water partition coefficient (Wildman–Crippen LogP) is 3.22. The first-order valence-electron chi connectivity index (χ1n) is 10.5. The fourth-order valence-electron chi connectivity index (χ4n) is 2.77. The molecule has 0 fully saturated rings. The molecule has 2 rings (SSSR count). The fourth-order valence-corrected chi connectivity index (χ4v) is 3.59. The molecular formula is C22H37N7S. The summed E-state index contributed by atoms with van der Waals surface area (Å²) in [6.07, 6.45) is 1.02. The summed E-state index contributed by atoms with van der Waals surface area (Å²) in [7, 11) is 4.10. The van der Waals surface area contributed by atoms with E-state index in [2.05, 4.69) is 77.8 Å². The van der Waals surface area contributed by atoms with Gasteiger partial charge in [0.1, 0.15) is 12.4 Å². The van der Waals surface area contributed by atoms with Crippen LogP contribution in [0.25, 0.3) is 0 Å². The van der Waals surface area contributed by atoms with E-state index in [-0.39, 0.29) is 4.75 Å². The Balaban J connectivity index is 1.85. The van der Waals surface area contributed by atoms with Gasteiger partial charge in [-0.2, -0.15) is 11.8 Å². The van der Waals surface area contributed by atoms with Gasteiger partial charge < -0.3 is 20.1 Å². The predicted molar refractivity (Wildman–Crippen MR) is 129 cm³/mol. The molecule has 8 heteroatoms. The molecule has 2 N–H and O–H groups in total. The Morgan fingerprint density at radius 3 is 2.47 bits per heavy atom. The van der Waals surface area contributed by atoms with Crippen LogP contribution in [0.5, 0.6) is 0 Å². The molecule has 1 aromatic carbocycles. The Hall–Kier alpha value is -2.22. The first kappa shape index (κ1) is 24.1. The molecule has 0 saturated heterocycles. The van der Waals surface area contributed by atoms with Gasteiger partial charge in [0.2, 0.25) is 0 Å². The SMILES string of the molecule is Cc1nnc(CN=C(NCCCN(C)c2ccccc2)NCCSC(C)(C)C)n1C. The van der Waals surface area contributed by atoms with Gasteiger partial charge in [-0.05, 0) is 25.5 Å². The Bertz CT molecular complexity index is 781. The lowest BCUT2D eigenvalue weighted by Gasteiger charge is -2.20. The summed E-state index contributed by atoms with van der Waals surface area (Å²) in [5, 5.41) is 15.2. The Kier molecular flexibility index (Phi) is 9.49. The van der Waals surface area contributed by atoms with Crippen LogP contribution in [0.3, 0.4) is 0 Å². The van der Waals surface area contributed by atoms with Crippen molar-refractivity contribution in [3.63, 3.8) is 0 Å². The van der Waals surface area contributed by atoms with Gasteiger partial charge in [0.15, 0.2) is 11.8 Å². The number of hydrogen-bond acceptors (Lipinski definition) is 5. The zero-order valence-electron chi connectivity index (χ0n) is 19.3. The van der Waals surface area contributed by atoms with Gasteiger partial charge >= 0.3 is 0 Å². The van der Waals surface area contributed by atoms with E-state index in [1.807, 2.05) is 36.4 Å². The Morgan fingerprint density at radius 2 is 1.83 bits per heavy atom. The van der Waals surface area contributed by atoms with Gasteiger partial charge in [0, 0.05) is 49.9 Å². The van der Waals surface area contributed by atoms with Crippen molar-refractivity contribution in [2.24, 2.45) is 12.0 Å². The topological polar surface area (TPSA) is 70.4 Å². The number of anilines is 1. The highest BCUT2D eigenvalue weighted by molar-refractivity contribution is 8.00. The van der Waals surface area contributed by atoms with Crippen LogP contribution in [0, 0.1) is 6.92 Å². The van der Waals surface area contributed by atoms with Crippen LogP contribution >= 0.6 is 11.8 Å². The molecule has 0 atom stereocenters. The molecule has 0 radical (unpaired) electrons. The number of thioether (sulfide) groups is 1. The third-order valence-corrected chi connectivity index (χ3v) is 5.92. The lowest BCUT2D eigenvalue weighted by molar-refractivity contribution is 0.722. The van der Waals surface area contributed by atoms with Crippen LogP contribution in [0.4, 0.5) is 5.69 Å². The fraction of sp³-hybridized carbons (Fsp3) is 0.591. The van der Waals surface area contributed by atoms with Crippen LogP contribution in [0.1, 0.15) is 38.8 Å². The van der Waals surface area contributed by atoms with E-state index in [1.54, 1.807) is 0 Å². The van der Waals surface area contributed by atoms with E-state index in [4.69, 9.17) is 4.99 Å². The van der Waals surface area contributed by atoms with Gasteiger partial charge in [-0.3, -0.25) is 0 Å². The summed E-state index contributed by atoms with van der Waals surface area (Å²) in [6.45, 7) is 11.9. The molecule has 0 aliphatic carbocycles. The van der Waals surface area contributed by atoms with Gasteiger partial charge in [0.25, 0.3) is 0 Å². The van der Waals surface area contributed by atoms with Crippen molar-refractivity contribution in [1.82, 2.24) is 25.4 Å². The average Bonchev–Trinajstić information content (AvgIpc) is 3.03. The normalized spacial score (nSPS) is 12.1. The average molecular weight is 432 g/mol. The van der Waals surface area contributed by atoms with E-state index < -0.39 is 0 Å². The summed E-state index contributed by atoms with van der Waals surface area (Å²) < 4.78 is 2.25. The first-order chi connectivity index (χ1) is 14.3. The molecule has 1 heterocycles. The standard InChI is InChI=1S/C22H37N7S/c1-18-26-27-20(29(18)6)17-25-21(24-14-16-30-22(2,3)4)23-13-10-15-28(5)19-11-8-7-9-12-19/h7-9,11-12H,10,13-17H2,1-6H3,(H2,23,24,25). The van der Waals surface area contributed by atoms with Crippen molar-refractivity contribution in [3.05, 3.63) is 42.0 Å². The van der Waals surface area contributed by atoms with Gasteiger partial charge in [-0.1, -0.05) is 39.0 Å². The molecule has 2 aromatic rings. The van der Waals surface area contributed by atoms with E-state index in [0.29, 0.717) is 6.54 Å².